The number of aliphatic hydroxyl groups is 1. The lowest BCUT2D eigenvalue weighted by atomic mass is 10.1. The number of hydrogen-bond donors (Lipinski definition) is 3. The van der Waals surface area contributed by atoms with Gasteiger partial charge in [-0.25, -0.2) is 9.13 Å². The Balaban J connectivity index is 5.49. The topological polar surface area (TPSA) is 237 Å². The van der Waals surface area contributed by atoms with Crippen molar-refractivity contribution in [2.45, 2.75) is 290 Å². The van der Waals surface area contributed by atoms with Crippen molar-refractivity contribution in [3.05, 3.63) is 170 Å². The number of phosphoric acid groups is 2. The number of rotatable bonds is 70. The Morgan fingerprint density at radius 2 is 0.559 bits per heavy atom. The standard InChI is InChI=1S/C83H134O17P2/c1-5-9-13-17-21-25-29-33-36-38-41-44-47-51-55-59-63-67-80(85)93-73-78(99-82(87)69-65-61-57-53-49-43-32-28-24-20-16-12-8-4)75-97-101(89,90)95-71-77(84)72-96-102(91,92)98-76-79(100-83(88)70-66-62-58-54-50-46-40-35-31-27-23-19-15-11-7-3)74-94-81(86)68-64-60-56-52-48-45-42-39-37-34-30-26-22-18-14-10-6-2/h9-11,13-15,21-23,25-28,32-37,40-41,44,50-51,54-55,62,66,77-79,84H,5-8,12,16-20,24,29-31,38-39,42-43,45-49,52-53,56-61,63-65,67-76H2,1-4H3,(H,89,90)(H,91,92)/b13-9-,14-10-,15-11-,25-21-,26-22-,27-23-,32-28-,36-33-,37-34-,40-35-,44-41-,54-50-,55-51-,66-62-. The highest BCUT2D eigenvalue weighted by atomic mass is 31.2. The highest BCUT2D eigenvalue weighted by Gasteiger charge is 2.30. The zero-order valence-electron chi connectivity index (χ0n) is 63.0. The van der Waals surface area contributed by atoms with Gasteiger partial charge < -0.3 is 33.8 Å². The molecule has 5 unspecified atom stereocenters. The van der Waals surface area contributed by atoms with Gasteiger partial charge in [0.2, 0.25) is 0 Å². The number of ether oxygens (including phenoxy) is 4. The Bertz CT molecular complexity index is 2600. The number of carbonyl (C=O) groups is 4. The second-order valence-corrected chi connectivity index (χ2v) is 27.7. The van der Waals surface area contributed by atoms with Crippen LogP contribution in [0, 0.1) is 0 Å². The summed E-state index contributed by atoms with van der Waals surface area (Å²) in [5.74, 6) is -2.43. The molecule has 19 heteroatoms. The van der Waals surface area contributed by atoms with Crippen LogP contribution in [0.1, 0.15) is 272 Å². The average Bonchev–Trinajstić information content (AvgIpc) is 0.908. The summed E-state index contributed by atoms with van der Waals surface area (Å²) in [6, 6.07) is 0. The first-order valence-corrected chi connectivity index (χ1v) is 41.4. The van der Waals surface area contributed by atoms with Gasteiger partial charge in [-0.05, 0) is 148 Å². The molecule has 578 valence electrons. The molecule has 0 rings (SSSR count). The van der Waals surface area contributed by atoms with Crippen molar-refractivity contribution in [2.24, 2.45) is 0 Å². The van der Waals surface area contributed by atoms with Gasteiger partial charge in [0.15, 0.2) is 12.2 Å². The molecule has 5 atom stereocenters. The lowest BCUT2D eigenvalue weighted by Gasteiger charge is -2.21. The van der Waals surface area contributed by atoms with Gasteiger partial charge in [0.25, 0.3) is 0 Å². The van der Waals surface area contributed by atoms with Gasteiger partial charge in [-0.2, -0.15) is 0 Å². The molecule has 0 saturated heterocycles. The average molecular weight is 1470 g/mol. The molecular weight excluding hydrogens is 1330 g/mol. The molecule has 0 aliphatic carbocycles. The number of phosphoric ester groups is 2. The molecule has 0 bridgehead atoms. The van der Waals surface area contributed by atoms with Gasteiger partial charge in [0, 0.05) is 19.3 Å². The summed E-state index contributed by atoms with van der Waals surface area (Å²) in [7, 11) is -10.0. The van der Waals surface area contributed by atoms with E-state index in [9.17, 15) is 43.2 Å². The van der Waals surface area contributed by atoms with Crippen molar-refractivity contribution >= 4 is 39.5 Å². The molecule has 0 aliphatic rings. The quantitative estimate of drug-likeness (QED) is 0.0169. The first-order valence-electron chi connectivity index (χ1n) is 38.4. The van der Waals surface area contributed by atoms with Crippen molar-refractivity contribution in [1.29, 1.82) is 0 Å². The van der Waals surface area contributed by atoms with Gasteiger partial charge in [-0.1, -0.05) is 268 Å². The first-order chi connectivity index (χ1) is 49.7. The second kappa shape index (κ2) is 73.7. The normalized spacial score (nSPS) is 14.9. The summed E-state index contributed by atoms with van der Waals surface area (Å²) in [5.41, 5.74) is 0. The Kier molecular flexibility index (Phi) is 69.7. The summed E-state index contributed by atoms with van der Waals surface area (Å²) >= 11 is 0. The fourth-order valence-corrected chi connectivity index (χ4v) is 11.0. The van der Waals surface area contributed by atoms with Crippen LogP contribution in [0.2, 0.25) is 0 Å². The van der Waals surface area contributed by atoms with E-state index in [0.717, 1.165) is 161 Å². The summed E-state index contributed by atoms with van der Waals surface area (Å²) in [5, 5.41) is 10.6. The van der Waals surface area contributed by atoms with E-state index in [2.05, 4.69) is 161 Å². The van der Waals surface area contributed by atoms with Gasteiger partial charge in [-0.3, -0.25) is 37.3 Å². The summed E-state index contributed by atoms with van der Waals surface area (Å²) in [4.78, 5) is 72.8. The maximum Gasteiger partial charge on any atom is 0.472 e. The Labute approximate surface area is 616 Å². The molecule has 0 aromatic carbocycles. The van der Waals surface area contributed by atoms with E-state index in [1.54, 1.807) is 12.2 Å². The van der Waals surface area contributed by atoms with Crippen molar-refractivity contribution in [3.8, 4) is 0 Å². The molecule has 0 aromatic heterocycles. The van der Waals surface area contributed by atoms with E-state index in [1.807, 2.05) is 24.3 Å². The fraction of sp³-hybridized carbons (Fsp3) is 0.614. The van der Waals surface area contributed by atoms with Crippen LogP contribution in [0.15, 0.2) is 170 Å². The van der Waals surface area contributed by atoms with Crippen LogP contribution in [-0.2, 0) is 65.4 Å². The molecule has 0 fully saturated rings. The summed E-state index contributed by atoms with van der Waals surface area (Å²) in [6.07, 6.45) is 86.7. The first kappa shape index (κ1) is 96.4. The maximum atomic E-state index is 13.1. The molecule has 0 amide bonds. The molecule has 0 aliphatic heterocycles. The van der Waals surface area contributed by atoms with Crippen LogP contribution in [0.5, 0.6) is 0 Å². The van der Waals surface area contributed by atoms with Crippen LogP contribution in [0.25, 0.3) is 0 Å². The number of hydrogen-bond acceptors (Lipinski definition) is 15. The van der Waals surface area contributed by atoms with Crippen LogP contribution in [-0.4, -0.2) is 96.7 Å². The Morgan fingerprint density at radius 3 is 0.922 bits per heavy atom. The Morgan fingerprint density at radius 1 is 0.294 bits per heavy atom. The zero-order valence-corrected chi connectivity index (χ0v) is 64.8. The van der Waals surface area contributed by atoms with E-state index in [0.29, 0.717) is 32.1 Å². The maximum absolute atomic E-state index is 13.1. The molecule has 3 N–H and O–H groups in total. The number of unbranched alkanes of at least 4 members (excludes halogenated alkanes) is 17. The lowest BCUT2D eigenvalue weighted by molar-refractivity contribution is -0.161. The number of carbonyl (C=O) groups excluding carboxylic acids is 4. The minimum Gasteiger partial charge on any atom is -0.462 e. The molecule has 0 spiro atoms. The van der Waals surface area contributed by atoms with E-state index in [-0.39, 0.29) is 25.7 Å². The number of aliphatic hydroxyl groups excluding tert-OH is 1. The highest BCUT2D eigenvalue weighted by Crippen LogP contribution is 2.45. The highest BCUT2D eigenvalue weighted by molar-refractivity contribution is 7.47. The van der Waals surface area contributed by atoms with Crippen LogP contribution < -0.4 is 0 Å². The number of allylic oxidation sites excluding steroid dienone is 27. The third-order valence-corrected chi connectivity index (χ3v) is 17.1. The van der Waals surface area contributed by atoms with E-state index in [4.69, 9.17) is 37.0 Å². The predicted molar refractivity (Wildman–Crippen MR) is 417 cm³/mol. The summed E-state index contributed by atoms with van der Waals surface area (Å²) < 4.78 is 68.3. The third-order valence-electron chi connectivity index (χ3n) is 15.2. The van der Waals surface area contributed by atoms with Crippen molar-refractivity contribution in [2.75, 3.05) is 39.6 Å². The molecule has 0 heterocycles. The zero-order chi connectivity index (χ0) is 74.6. The van der Waals surface area contributed by atoms with Gasteiger partial charge in [0.1, 0.15) is 19.3 Å². The SMILES string of the molecule is CC/C=C\C/C=C\C/C=C\C/C=C\C/C=C\CCCC(=O)OCC(COP(=O)(O)OCC(O)COP(=O)(O)OCC(COC(=O)CCCCCCCCC/C=C\C/C=C\C/C=C\CC)OC(=O)C/C=C\C/C=C\C/C=C\C/C=C\C/C=C\CC)OC(=O)CCCCCCC/C=C\CCCCCC. The van der Waals surface area contributed by atoms with Gasteiger partial charge in [0.05, 0.1) is 32.8 Å². The molecule has 102 heavy (non-hydrogen) atoms. The third kappa shape index (κ3) is 72.8. The van der Waals surface area contributed by atoms with E-state index in [1.165, 1.54) is 25.7 Å². The predicted octanol–water partition coefficient (Wildman–Crippen LogP) is 22.2. The van der Waals surface area contributed by atoms with Gasteiger partial charge in [-0.15, -0.1) is 0 Å². The smallest absolute Gasteiger partial charge is 0.462 e. The van der Waals surface area contributed by atoms with Crippen LogP contribution in [0.4, 0.5) is 0 Å². The van der Waals surface area contributed by atoms with Crippen LogP contribution in [0.3, 0.4) is 0 Å². The molecule has 0 aromatic rings. The van der Waals surface area contributed by atoms with Crippen molar-refractivity contribution < 1.29 is 80.2 Å². The van der Waals surface area contributed by atoms with E-state index < -0.39 is 97.5 Å². The van der Waals surface area contributed by atoms with Crippen LogP contribution >= 0.6 is 15.6 Å². The molecular formula is C83H134O17P2. The van der Waals surface area contributed by atoms with Crippen molar-refractivity contribution in [1.82, 2.24) is 0 Å². The number of esters is 4. The summed E-state index contributed by atoms with van der Waals surface area (Å²) in [6.45, 7) is 4.29. The molecule has 0 radical (unpaired) electrons. The van der Waals surface area contributed by atoms with Crippen molar-refractivity contribution in [3.63, 3.8) is 0 Å². The molecule has 0 saturated carbocycles. The molecule has 17 nitrogen and oxygen atoms in total. The lowest BCUT2D eigenvalue weighted by Crippen LogP contribution is -2.30. The minimum atomic E-state index is -5.01. The largest absolute Gasteiger partial charge is 0.472 e. The van der Waals surface area contributed by atoms with Gasteiger partial charge >= 0.3 is 39.5 Å². The second-order valence-electron chi connectivity index (χ2n) is 24.8. The monoisotopic (exact) mass is 1460 g/mol. The Hall–Kier alpha value is -5.58. The van der Waals surface area contributed by atoms with E-state index >= 15 is 0 Å². The fourth-order valence-electron chi connectivity index (χ4n) is 9.46. The minimum absolute atomic E-state index is 0.0645.